The van der Waals surface area contributed by atoms with Crippen LogP contribution >= 0.6 is 15.9 Å². The van der Waals surface area contributed by atoms with Crippen molar-refractivity contribution in [3.05, 3.63) is 58.6 Å². The first-order chi connectivity index (χ1) is 9.45. The molecule has 0 saturated heterocycles. The van der Waals surface area contributed by atoms with E-state index in [0.29, 0.717) is 0 Å². The number of carbonyl (C=O) groups is 1. The quantitative estimate of drug-likeness (QED) is 0.770. The van der Waals surface area contributed by atoms with E-state index < -0.39 is 5.41 Å². The van der Waals surface area contributed by atoms with Gasteiger partial charge in [-0.2, -0.15) is 0 Å². The second-order valence-electron chi connectivity index (χ2n) is 5.21. The van der Waals surface area contributed by atoms with Gasteiger partial charge in [-0.3, -0.25) is 4.79 Å². The van der Waals surface area contributed by atoms with Crippen molar-refractivity contribution in [3.8, 4) is 11.1 Å². The summed E-state index contributed by atoms with van der Waals surface area (Å²) in [4.78, 5) is 11.9. The van der Waals surface area contributed by atoms with Crippen LogP contribution in [0, 0.1) is 0 Å². The topological polar surface area (TPSA) is 26.3 Å². The molecule has 0 aliphatic rings. The Kier molecular flexibility index (Phi) is 4.29. The van der Waals surface area contributed by atoms with Crippen molar-refractivity contribution in [3.63, 3.8) is 0 Å². The van der Waals surface area contributed by atoms with Gasteiger partial charge in [-0.05, 0) is 42.7 Å². The van der Waals surface area contributed by atoms with Gasteiger partial charge in [-0.1, -0.05) is 52.3 Å². The number of benzene rings is 2. The highest BCUT2D eigenvalue weighted by Crippen LogP contribution is 2.30. The predicted octanol–water partition coefficient (Wildman–Crippen LogP) is 4.57. The van der Waals surface area contributed by atoms with Gasteiger partial charge in [0.2, 0.25) is 0 Å². The summed E-state index contributed by atoms with van der Waals surface area (Å²) in [5.74, 6) is -0.233. The van der Waals surface area contributed by atoms with Gasteiger partial charge in [0, 0.05) is 4.47 Å². The Bertz CT molecular complexity index is 632. The summed E-state index contributed by atoms with van der Waals surface area (Å²) < 4.78 is 5.92. The molecule has 0 saturated carbocycles. The number of rotatable bonds is 3. The highest BCUT2D eigenvalue weighted by atomic mass is 79.9. The van der Waals surface area contributed by atoms with Gasteiger partial charge in [0.15, 0.2) is 0 Å². The average Bonchev–Trinajstić information content (AvgIpc) is 2.46. The summed E-state index contributed by atoms with van der Waals surface area (Å²) in [5.41, 5.74) is 2.49. The Morgan fingerprint density at radius 3 is 2.25 bits per heavy atom. The molecule has 2 aromatic rings. The van der Waals surface area contributed by atoms with Crippen LogP contribution in [0.25, 0.3) is 11.1 Å². The van der Waals surface area contributed by atoms with E-state index in [1.54, 1.807) is 0 Å². The molecule has 0 atom stereocenters. The lowest BCUT2D eigenvalue weighted by Gasteiger charge is -2.22. The SMILES string of the molecule is COC(=O)C(C)(C)c1cccc(-c2cccc(Br)c2)c1. The molecule has 0 amide bonds. The maximum Gasteiger partial charge on any atom is 0.315 e. The van der Waals surface area contributed by atoms with Crippen molar-refractivity contribution in [2.24, 2.45) is 0 Å². The lowest BCUT2D eigenvalue weighted by molar-refractivity contribution is -0.146. The van der Waals surface area contributed by atoms with Gasteiger partial charge in [0.25, 0.3) is 0 Å². The number of methoxy groups -OCH3 is 1. The number of hydrogen-bond acceptors (Lipinski definition) is 2. The Hall–Kier alpha value is -1.61. The molecule has 0 aliphatic carbocycles. The van der Waals surface area contributed by atoms with E-state index in [1.807, 2.05) is 50.2 Å². The van der Waals surface area contributed by atoms with E-state index >= 15 is 0 Å². The monoisotopic (exact) mass is 332 g/mol. The van der Waals surface area contributed by atoms with Crippen LogP contribution in [-0.2, 0) is 14.9 Å². The summed E-state index contributed by atoms with van der Waals surface area (Å²) in [7, 11) is 1.42. The Balaban J connectivity index is 2.45. The molecule has 104 valence electrons. The van der Waals surface area contributed by atoms with Crippen LogP contribution in [0.2, 0.25) is 0 Å². The second-order valence-corrected chi connectivity index (χ2v) is 6.12. The molecule has 0 N–H and O–H groups in total. The predicted molar refractivity (Wildman–Crippen MR) is 84.6 cm³/mol. The van der Waals surface area contributed by atoms with Gasteiger partial charge in [0.1, 0.15) is 0 Å². The van der Waals surface area contributed by atoms with Crippen LogP contribution < -0.4 is 0 Å². The van der Waals surface area contributed by atoms with Gasteiger partial charge in [0.05, 0.1) is 12.5 Å². The van der Waals surface area contributed by atoms with Crippen LogP contribution in [0.4, 0.5) is 0 Å². The fourth-order valence-corrected chi connectivity index (χ4v) is 2.53. The number of halogens is 1. The molecule has 0 aromatic heterocycles. The molecule has 0 radical (unpaired) electrons. The zero-order valence-corrected chi connectivity index (χ0v) is 13.4. The van der Waals surface area contributed by atoms with Crippen molar-refractivity contribution < 1.29 is 9.53 Å². The Labute approximate surface area is 127 Å². The maximum atomic E-state index is 11.9. The molecular formula is C17H17BrO2. The molecule has 20 heavy (non-hydrogen) atoms. The minimum Gasteiger partial charge on any atom is -0.468 e. The molecule has 2 rings (SSSR count). The maximum absolute atomic E-state index is 11.9. The first-order valence-electron chi connectivity index (χ1n) is 6.40. The minimum absolute atomic E-state index is 0.233. The van der Waals surface area contributed by atoms with Crippen molar-refractivity contribution >= 4 is 21.9 Å². The van der Waals surface area contributed by atoms with Crippen LogP contribution in [0.3, 0.4) is 0 Å². The van der Waals surface area contributed by atoms with E-state index in [1.165, 1.54) is 7.11 Å². The van der Waals surface area contributed by atoms with Gasteiger partial charge < -0.3 is 4.74 Å². The second kappa shape index (κ2) is 5.80. The molecule has 2 aromatic carbocycles. The third kappa shape index (κ3) is 2.93. The molecule has 0 unspecified atom stereocenters. The van der Waals surface area contributed by atoms with Crippen LogP contribution in [0.1, 0.15) is 19.4 Å². The first kappa shape index (κ1) is 14.8. The number of ether oxygens (including phenoxy) is 1. The van der Waals surface area contributed by atoms with Crippen molar-refractivity contribution in [1.82, 2.24) is 0 Å². The number of esters is 1. The summed E-state index contributed by atoms with van der Waals surface area (Å²) in [5, 5.41) is 0. The molecular weight excluding hydrogens is 316 g/mol. The zero-order valence-electron chi connectivity index (χ0n) is 11.8. The van der Waals surface area contributed by atoms with E-state index in [2.05, 4.69) is 28.1 Å². The number of hydrogen-bond donors (Lipinski definition) is 0. The van der Waals surface area contributed by atoms with Crippen molar-refractivity contribution in [2.45, 2.75) is 19.3 Å². The van der Waals surface area contributed by atoms with Crippen molar-refractivity contribution in [1.29, 1.82) is 0 Å². The van der Waals surface area contributed by atoms with E-state index in [9.17, 15) is 4.79 Å². The standard InChI is InChI=1S/C17H17BrO2/c1-17(2,16(19)20-3)14-8-4-6-12(10-14)13-7-5-9-15(18)11-13/h4-11H,1-3H3. The molecule has 0 bridgehead atoms. The van der Waals surface area contributed by atoms with Gasteiger partial charge >= 0.3 is 5.97 Å². The van der Waals surface area contributed by atoms with Crippen LogP contribution in [0.5, 0.6) is 0 Å². The smallest absolute Gasteiger partial charge is 0.315 e. The fourth-order valence-electron chi connectivity index (χ4n) is 2.13. The summed E-state index contributed by atoms with van der Waals surface area (Å²) in [6.07, 6.45) is 0. The highest BCUT2D eigenvalue weighted by molar-refractivity contribution is 9.10. The van der Waals surface area contributed by atoms with Crippen molar-refractivity contribution in [2.75, 3.05) is 7.11 Å². The van der Waals surface area contributed by atoms with E-state index in [0.717, 1.165) is 21.2 Å². The molecule has 0 heterocycles. The summed E-state index contributed by atoms with van der Waals surface area (Å²) in [6.45, 7) is 3.75. The van der Waals surface area contributed by atoms with Gasteiger partial charge in [-0.15, -0.1) is 0 Å². The molecule has 0 fully saturated rings. The largest absolute Gasteiger partial charge is 0.468 e. The summed E-state index contributed by atoms with van der Waals surface area (Å²) >= 11 is 3.48. The minimum atomic E-state index is -0.656. The Morgan fingerprint density at radius 2 is 1.65 bits per heavy atom. The third-order valence-corrected chi connectivity index (χ3v) is 3.93. The van der Waals surface area contributed by atoms with Gasteiger partial charge in [-0.25, -0.2) is 0 Å². The molecule has 0 aliphatic heterocycles. The first-order valence-corrected chi connectivity index (χ1v) is 7.19. The lowest BCUT2D eigenvalue weighted by atomic mass is 9.83. The zero-order chi connectivity index (χ0) is 14.8. The lowest BCUT2D eigenvalue weighted by Crippen LogP contribution is -2.30. The molecule has 0 spiro atoms. The molecule has 2 nitrogen and oxygen atoms in total. The average molecular weight is 333 g/mol. The normalized spacial score (nSPS) is 11.2. The van der Waals surface area contributed by atoms with Crippen LogP contribution in [-0.4, -0.2) is 13.1 Å². The van der Waals surface area contributed by atoms with Crippen LogP contribution in [0.15, 0.2) is 53.0 Å². The fraction of sp³-hybridized carbons (Fsp3) is 0.235. The Morgan fingerprint density at radius 1 is 1.05 bits per heavy atom. The van der Waals surface area contributed by atoms with E-state index in [4.69, 9.17) is 4.74 Å². The van der Waals surface area contributed by atoms with E-state index in [-0.39, 0.29) is 5.97 Å². The summed E-state index contributed by atoms with van der Waals surface area (Å²) in [6, 6.07) is 16.1. The molecule has 3 heteroatoms. The highest BCUT2D eigenvalue weighted by Gasteiger charge is 2.30. The third-order valence-electron chi connectivity index (χ3n) is 3.44. The number of carbonyl (C=O) groups excluding carboxylic acids is 1.